The van der Waals surface area contributed by atoms with Crippen LogP contribution in [-0.4, -0.2) is 25.6 Å². The Morgan fingerprint density at radius 3 is 1.20 bits per heavy atom. The zero-order chi connectivity index (χ0) is 35.3. The molecule has 0 saturated heterocycles. The molecule has 8 heteroatoms. The molecule has 0 aromatic heterocycles. The van der Waals surface area contributed by atoms with E-state index >= 15 is 0 Å². The van der Waals surface area contributed by atoms with Crippen LogP contribution in [0.2, 0.25) is 13.1 Å². The average Bonchev–Trinajstić information content (AvgIpc) is 2.98. The van der Waals surface area contributed by atoms with E-state index in [2.05, 4.69) is 169 Å². The second kappa shape index (κ2) is 22.2. The molecule has 6 nitrogen and oxygen atoms in total. The molecule has 0 spiro atoms. The monoisotopic (exact) mass is 665 g/mol. The number of hydrogen-bond acceptors (Lipinski definition) is 5. The third-order valence-electron chi connectivity index (χ3n) is 5.88. The van der Waals surface area contributed by atoms with Crippen molar-refractivity contribution in [3.05, 3.63) is 142 Å². The average molecular weight is 666 g/mol. The van der Waals surface area contributed by atoms with Crippen molar-refractivity contribution in [1.29, 1.82) is 0 Å². The minimum Gasteiger partial charge on any atom is -0.411 e. The van der Waals surface area contributed by atoms with Crippen LogP contribution in [0.15, 0.2) is 130 Å². The SMILES string of the molecule is CC(C)(C)c1ccc([S+](c2ccccc2)c2ccccc2)cc1.CC(C)C.CC(C)c1ccccc1.CO[Si](C)(C)O.O=[N+]([O-])[O-]. The Labute approximate surface area is 282 Å². The van der Waals surface area contributed by atoms with Gasteiger partial charge in [0.05, 0.1) is 16.0 Å². The fraction of sp³-hybridized carbons (Fsp3) is 0.368. The van der Waals surface area contributed by atoms with E-state index in [1.54, 1.807) is 13.1 Å². The normalized spacial score (nSPS) is 10.7. The predicted molar refractivity (Wildman–Crippen MR) is 198 cm³/mol. The molecule has 1 N–H and O–H groups in total. The summed E-state index contributed by atoms with van der Waals surface area (Å²) in [6, 6.07) is 41.3. The highest BCUT2D eigenvalue weighted by Crippen LogP contribution is 2.32. The number of rotatable bonds is 5. The van der Waals surface area contributed by atoms with Crippen molar-refractivity contribution in [2.24, 2.45) is 5.92 Å². The molecule has 4 rings (SSSR count). The van der Waals surface area contributed by atoms with Crippen LogP contribution in [0.4, 0.5) is 0 Å². The standard InChI is InChI=1S/C22H23S.C9H12.C4H10.C3H10O2Si.NO3/c1-22(2,3)18-14-16-21(17-15-18)23(19-10-6-4-7-11-19)20-12-8-5-9-13-20;1-8(2)9-6-4-3-5-7-9;1-4(2)3;1-5-6(2,3)4;2-1(3)4/h4-17H,1-3H3;3-8H,1-2H3;4H,1-3H3;4H,1-3H3;/q+1;;;;-1. The largest absolute Gasteiger partial charge is 0.411 e. The van der Waals surface area contributed by atoms with Gasteiger partial charge in [0, 0.05) is 7.11 Å². The highest BCUT2D eigenvalue weighted by Gasteiger charge is 2.28. The van der Waals surface area contributed by atoms with E-state index in [1.165, 1.54) is 32.9 Å². The molecular formula is C38H55NO5SSi. The molecule has 252 valence electrons. The molecule has 46 heavy (non-hydrogen) atoms. The summed E-state index contributed by atoms with van der Waals surface area (Å²) in [5.74, 6) is 1.49. The van der Waals surface area contributed by atoms with Gasteiger partial charge in [-0.15, -0.1) is 0 Å². The molecule has 0 bridgehead atoms. The van der Waals surface area contributed by atoms with Gasteiger partial charge >= 0.3 is 8.56 Å². The topological polar surface area (TPSA) is 95.7 Å². The first-order valence-electron chi connectivity index (χ1n) is 15.5. The first-order chi connectivity index (χ1) is 21.4. The quantitative estimate of drug-likeness (QED) is 0.0990. The maximum Gasteiger partial charge on any atom is 0.328 e. The minimum absolute atomic E-state index is 0.0497. The molecule has 0 radical (unpaired) electrons. The molecule has 0 atom stereocenters. The molecule has 0 fully saturated rings. The van der Waals surface area contributed by atoms with Crippen LogP contribution in [0.1, 0.15) is 72.4 Å². The molecule has 0 aliphatic carbocycles. The first kappa shape index (κ1) is 42.6. The molecule has 0 aliphatic rings. The van der Waals surface area contributed by atoms with Crippen LogP contribution in [-0.2, 0) is 20.7 Å². The van der Waals surface area contributed by atoms with Crippen molar-refractivity contribution in [3.63, 3.8) is 0 Å². The Bertz CT molecular complexity index is 1280. The van der Waals surface area contributed by atoms with Gasteiger partial charge in [0.15, 0.2) is 14.7 Å². The second-order valence-electron chi connectivity index (χ2n) is 12.9. The van der Waals surface area contributed by atoms with Crippen molar-refractivity contribution in [2.45, 2.75) is 94.5 Å². The lowest BCUT2D eigenvalue weighted by atomic mass is 9.87. The smallest absolute Gasteiger partial charge is 0.328 e. The molecule has 0 aliphatic heterocycles. The van der Waals surface area contributed by atoms with E-state index in [4.69, 9.17) is 20.1 Å². The van der Waals surface area contributed by atoms with Crippen molar-refractivity contribution in [2.75, 3.05) is 7.11 Å². The lowest BCUT2D eigenvalue weighted by molar-refractivity contribution is -0.402. The molecular weight excluding hydrogens is 611 g/mol. The minimum atomic E-state index is -2.13. The lowest BCUT2D eigenvalue weighted by Crippen LogP contribution is -2.27. The Morgan fingerprint density at radius 2 is 0.957 bits per heavy atom. The fourth-order valence-electron chi connectivity index (χ4n) is 3.45. The van der Waals surface area contributed by atoms with Crippen LogP contribution in [0, 0.1) is 21.2 Å². The van der Waals surface area contributed by atoms with E-state index in [9.17, 15) is 0 Å². The maximum atomic E-state index is 8.74. The van der Waals surface area contributed by atoms with Crippen LogP contribution >= 0.6 is 0 Å². The molecule has 4 aromatic rings. The van der Waals surface area contributed by atoms with Gasteiger partial charge in [-0.25, -0.2) is 0 Å². The van der Waals surface area contributed by atoms with E-state index in [0.717, 1.165) is 5.92 Å². The van der Waals surface area contributed by atoms with Gasteiger partial charge in [-0.2, -0.15) is 0 Å². The lowest BCUT2D eigenvalue weighted by Gasteiger charge is -2.19. The van der Waals surface area contributed by atoms with Crippen molar-refractivity contribution < 1.29 is 14.3 Å². The predicted octanol–water partition coefficient (Wildman–Crippen LogP) is 10.6. The summed E-state index contributed by atoms with van der Waals surface area (Å²) >= 11 is 0. The zero-order valence-electron chi connectivity index (χ0n) is 29.6. The van der Waals surface area contributed by atoms with Crippen molar-refractivity contribution in [3.8, 4) is 0 Å². The summed E-state index contributed by atoms with van der Waals surface area (Å²) in [6.07, 6.45) is 0. The third-order valence-corrected chi connectivity index (χ3v) is 9.11. The van der Waals surface area contributed by atoms with Gasteiger partial charge in [0.1, 0.15) is 0 Å². The van der Waals surface area contributed by atoms with Gasteiger partial charge < -0.3 is 24.5 Å². The number of benzene rings is 4. The van der Waals surface area contributed by atoms with Gasteiger partial charge in [0.2, 0.25) is 0 Å². The summed E-state index contributed by atoms with van der Waals surface area (Å²) in [5, 5.41) is 14.8. The molecule has 0 saturated carbocycles. The molecule has 0 amide bonds. The Hall–Kier alpha value is -3.43. The van der Waals surface area contributed by atoms with Crippen LogP contribution in [0.25, 0.3) is 0 Å². The molecule has 4 aromatic carbocycles. The van der Waals surface area contributed by atoms with E-state index < -0.39 is 13.6 Å². The zero-order valence-corrected chi connectivity index (χ0v) is 31.4. The second-order valence-corrected chi connectivity index (χ2v) is 18.2. The maximum absolute atomic E-state index is 8.74. The van der Waals surface area contributed by atoms with Gasteiger partial charge in [-0.3, -0.25) is 0 Å². The van der Waals surface area contributed by atoms with Gasteiger partial charge in [0.25, 0.3) is 0 Å². The molecule has 0 heterocycles. The third kappa shape index (κ3) is 20.6. The highest BCUT2D eigenvalue weighted by atomic mass is 32.2. The van der Waals surface area contributed by atoms with Crippen molar-refractivity contribution >= 4 is 19.5 Å². The van der Waals surface area contributed by atoms with Gasteiger partial charge in [-0.1, -0.05) is 134 Å². The van der Waals surface area contributed by atoms with Crippen LogP contribution in [0.5, 0.6) is 0 Å². The van der Waals surface area contributed by atoms with Crippen LogP contribution in [0.3, 0.4) is 0 Å². The number of hydrogen-bond donors (Lipinski definition) is 1. The Kier molecular flexibility index (Phi) is 20.5. The van der Waals surface area contributed by atoms with E-state index in [0.29, 0.717) is 5.92 Å². The van der Waals surface area contributed by atoms with Gasteiger partial charge in [-0.05, 0) is 77.9 Å². The first-order valence-corrected chi connectivity index (χ1v) is 19.6. The van der Waals surface area contributed by atoms with E-state index in [1.807, 2.05) is 6.07 Å². The summed E-state index contributed by atoms with van der Waals surface area (Å²) in [4.78, 5) is 21.1. The summed E-state index contributed by atoms with van der Waals surface area (Å²) in [6.45, 7) is 21.1. The Morgan fingerprint density at radius 1 is 0.674 bits per heavy atom. The fourth-order valence-corrected chi connectivity index (χ4v) is 5.53. The number of nitrogens with zero attached hydrogens (tertiary/aromatic N) is 1. The Balaban J connectivity index is 0.000000719. The molecule has 0 unspecified atom stereocenters. The highest BCUT2D eigenvalue weighted by molar-refractivity contribution is 7.97. The summed E-state index contributed by atoms with van der Waals surface area (Å²) in [5.41, 5.74) is 2.99. The van der Waals surface area contributed by atoms with Crippen molar-refractivity contribution in [1.82, 2.24) is 0 Å². The van der Waals surface area contributed by atoms with E-state index in [-0.39, 0.29) is 16.3 Å². The summed E-state index contributed by atoms with van der Waals surface area (Å²) < 4.78 is 4.63. The van der Waals surface area contributed by atoms with Crippen LogP contribution < -0.4 is 0 Å². The summed E-state index contributed by atoms with van der Waals surface area (Å²) in [7, 11) is -0.661.